The molecule has 0 amide bonds. The topological polar surface area (TPSA) is 76.5 Å². The van der Waals surface area contributed by atoms with Gasteiger partial charge in [-0.2, -0.15) is 0 Å². The van der Waals surface area contributed by atoms with E-state index in [-0.39, 0.29) is 0 Å². The van der Waals surface area contributed by atoms with Crippen molar-refractivity contribution < 1.29 is 9.47 Å². The van der Waals surface area contributed by atoms with Gasteiger partial charge >= 0.3 is 0 Å². The van der Waals surface area contributed by atoms with E-state index in [1.807, 2.05) is 48.5 Å². The quantitative estimate of drug-likeness (QED) is 0.0870. The molecule has 0 bridgehead atoms. The van der Waals surface area contributed by atoms with Gasteiger partial charge in [-0.25, -0.2) is 0 Å². The van der Waals surface area contributed by atoms with E-state index in [4.69, 9.17) is 29.4 Å². The Kier molecular flexibility index (Phi) is 11.4. The fraction of sp³-hybridized carbons (Fsp3) is 0.217. The molecule has 8 heteroatoms. The zero-order chi connectivity index (χ0) is 36.4. The molecule has 0 N–H and O–H groups in total. The molecule has 8 rings (SSSR count). The van der Waals surface area contributed by atoms with E-state index in [1.54, 1.807) is 0 Å². The molecule has 0 radical (unpaired) electrons. The maximum atomic E-state index is 6.12. The summed E-state index contributed by atoms with van der Waals surface area (Å²) in [5.74, 6) is 0. The van der Waals surface area contributed by atoms with Gasteiger partial charge in [-0.05, 0) is 48.5 Å². The van der Waals surface area contributed by atoms with Crippen LogP contribution in [0.1, 0.15) is 22.8 Å². The van der Waals surface area contributed by atoms with Crippen LogP contribution in [-0.2, 0) is 35.7 Å². The van der Waals surface area contributed by atoms with Gasteiger partial charge < -0.3 is 9.47 Å². The Morgan fingerprint density at radius 3 is 0.889 bits per heavy atom. The molecule has 8 nitrogen and oxygen atoms in total. The second-order valence-electron chi connectivity index (χ2n) is 13.6. The highest BCUT2D eigenvalue weighted by Gasteiger charge is 2.13. The second kappa shape index (κ2) is 17.5. The molecule has 0 saturated heterocycles. The van der Waals surface area contributed by atoms with Crippen LogP contribution in [0.15, 0.2) is 146 Å². The predicted octanol–water partition coefficient (Wildman–Crippen LogP) is 8.62. The van der Waals surface area contributed by atoms with E-state index in [0.29, 0.717) is 52.6 Å². The number of para-hydroxylation sites is 4. The van der Waals surface area contributed by atoms with Crippen molar-refractivity contribution >= 4 is 43.6 Å². The van der Waals surface area contributed by atoms with Crippen LogP contribution in [0.25, 0.3) is 43.6 Å². The minimum absolute atomic E-state index is 0.523. The summed E-state index contributed by atoms with van der Waals surface area (Å²) < 4.78 is 12.2. The van der Waals surface area contributed by atoms with Gasteiger partial charge in [-0.15, -0.1) is 0 Å². The summed E-state index contributed by atoms with van der Waals surface area (Å²) in [4.78, 5) is 24.5. The van der Waals surface area contributed by atoms with Crippen LogP contribution in [-0.4, -0.2) is 69.3 Å². The Morgan fingerprint density at radius 2 is 0.593 bits per heavy atom. The number of hydrogen-bond donors (Lipinski definition) is 0. The molecule has 54 heavy (non-hydrogen) atoms. The van der Waals surface area contributed by atoms with Gasteiger partial charge in [0.2, 0.25) is 0 Å². The Morgan fingerprint density at radius 1 is 0.315 bits per heavy atom. The predicted molar refractivity (Wildman–Crippen MR) is 217 cm³/mol. The summed E-state index contributed by atoms with van der Waals surface area (Å²) >= 11 is 0. The Bertz CT molecular complexity index is 2140. The van der Waals surface area contributed by atoms with Gasteiger partial charge in [-0.3, -0.25) is 29.7 Å². The summed E-state index contributed by atoms with van der Waals surface area (Å²) in [7, 11) is 0. The van der Waals surface area contributed by atoms with Crippen LogP contribution in [0, 0.1) is 0 Å². The number of ether oxygens (including phenoxy) is 2. The molecule has 0 spiro atoms. The second-order valence-corrected chi connectivity index (χ2v) is 13.6. The van der Waals surface area contributed by atoms with Crippen LogP contribution in [0.3, 0.4) is 0 Å². The maximum absolute atomic E-state index is 6.12. The van der Waals surface area contributed by atoms with Crippen molar-refractivity contribution in [2.24, 2.45) is 0 Å². The average Bonchev–Trinajstić information content (AvgIpc) is 3.21. The molecular weight excluding hydrogens is 669 g/mol. The minimum Gasteiger partial charge on any atom is -0.378 e. The van der Waals surface area contributed by atoms with E-state index in [0.717, 1.165) is 79.5 Å². The van der Waals surface area contributed by atoms with Gasteiger partial charge in [0.25, 0.3) is 0 Å². The standard InChI is InChI=1S/C46H44N6O2/c1-5-13-43-35(9-1)17-21-39(47-43)31-51(32-40-22-18-36-10-2-6-14-44(36)48-40)25-27-53-29-30-54-28-26-52(33-41-23-19-37-11-3-7-15-45(37)49-41)34-42-24-20-38-12-4-8-16-46(38)50-42/h1-24H,25-34H2. The summed E-state index contributed by atoms with van der Waals surface area (Å²) in [6, 6.07) is 50.1. The van der Waals surface area contributed by atoms with E-state index >= 15 is 0 Å². The lowest BCUT2D eigenvalue weighted by molar-refractivity contribution is 0.0280. The van der Waals surface area contributed by atoms with Crippen molar-refractivity contribution in [1.82, 2.24) is 29.7 Å². The maximum Gasteiger partial charge on any atom is 0.0705 e. The number of benzene rings is 4. The van der Waals surface area contributed by atoms with Crippen molar-refractivity contribution in [3.8, 4) is 0 Å². The van der Waals surface area contributed by atoms with Crippen LogP contribution < -0.4 is 0 Å². The first-order chi connectivity index (χ1) is 26.7. The van der Waals surface area contributed by atoms with Crippen molar-refractivity contribution in [3.63, 3.8) is 0 Å². The highest BCUT2D eigenvalue weighted by atomic mass is 16.5. The Hall–Kier alpha value is -5.64. The van der Waals surface area contributed by atoms with E-state index in [9.17, 15) is 0 Å². The molecule has 8 aromatic rings. The van der Waals surface area contributed by atoms with E-state index in [1.165, 1.54) is 0 Å². The summed E-state index contributed by atoms with van der Waals surface area (Å²) in [6.45, 7) is 6.50. The zero-order valence-corrected chi connectivity index (χ0v) is 30.4. The number of nitrogens with zero attached hydrogens (tertiary/aromatic N) is 6. The zero-order valence-electron chi connectivity index (χ0n) is 30.4. The molecule has 0 aliphatic rings. The molecule has 0 aliphatic carbocycles. The largest absolute Gasteiger partial charge is 0.378 e. The Labute approximate surface area is 316 Å². The summed E-state index contributed by atoms with van der Waals surface area (Å²) in [6.07, 6.45) is 0. The molecule has 0 unspecified atom stereocenters. The average molecular weight is 713 g/mol. The van der Waals surface area contributed by atoms with Gasteiger partial charge in [0.1, 0.15) is 0 Å². The third-order valence-electron chi connectivity index (χ3n) is 9.64. The SMILES string of the molecule is c1ccc2nc(CN(CCOCCOCCN(Cc3ccc4ccccc4n3)Cc3ccc4ccccc4n3)Cc3ccc4ccccc4n3)ccc2c1. The monoisotopic (exact) mass is 712 g/mol. The molecule has 4 aromatic heterocycles. The van der Waals surface area contributed by atoms with Gasteiger partial charge in [0, 0.05) is 60.8 Å². The first-order valence-corrected chi connectivity index (χ1v) is 18.7. The third-order valence-corrected chi connectivity index (χ3v) is 9.64. The molecule has 270 valence electrons. The van der Waals surface area contributed by atoms with Crippen molar-refractivity contribution in [2.45, 2.75) is 26.2 Å². The molecule has 0 saturated carbocycles. The van der Waals surface area contributed by atoms with Crippen molar-refractivity contribution in [1.29, 1.82) is 0 Å². The number of rotatable bonds is 17. The minimum atomic E-state index is 0.523. The molecule has 0 fully saturated rings. The smallest absolute Gasteiger partial charge is 0.0705 e. The lowest BCUT2D eigenvalue weighted by atomic mass is 10.2. The fourth-order valence-electron chi connectivity index (χ4n) is 6.84. The van der Waals surface area contributed by atoms with E-state index in [2.05, 4.69) is 107 Å². The molecular formula is C46H44N6O2. The first-order valence-electron chi connectivity index (χ1n) is 18.7. The highest BCUT2D eigenvalue weighted by molar-refractivity contribution is 5.80. The fourth-order valence-corrected chi connectivity index (χ4v) is 6.84. The van der Waals surface area contributed by atoms with Gasteiger partial charge in [-0.1, -0.05) is 97.1 Å². The number of pyridine rings is 4. The highest BCUT2D eigenvalue weighted by Crippen LogP contribution is 2.18. The van der Waals surface area contributed by atoms with Crippen LogP contribution >= 0.6 is 0 Å². The van der Waals surface area contributed by atoms with Crippen molar-refractivity contribution in [3.05, 3.63) is 168 Å². The third kappa shape index (κ3) is 9.28. The van der Waals surface area contributed by atoms with Gasteiger partial charge in [0.15, 0.2) is 0 Å². The lowest BCUT2D eigenvalue weighted by Gasteiger charge is -2.23. The van der Waals surface area contributed by atoms with E-state index < -0.39 is 0 Å². The molecule has 0 aliphatic heterocycles. The molecule has 4 heterocycles. The molecule has 0 atom stereocenters. The summed E-state index contributed by atoms with van der Waals surface area (Å²) in [5, 5.41) is 4.58. The van der Waals surface area contributed by atoms with Crippen LogP contribution in [0.4, 0.5) is 0 Å². The van der Waals surface area contributed by atoms with Crippen LogP contribution in [0.5, 0.6) is 0 Å². The molecule has 4 aromatic carbocycles. The summed E-state index contributed by atoms with van der Waals surface area (Å²) in [5.41, 5.74) is 8.14. The lowest BCUT2D eigenvalue weighted by Crippen LogP contribution is -2.29. The number of fused-ring (bicyclic) bond motifs is 4. The van der Waals surface area contributed by atoms with Crippen LogP contribution in [0.2, 0.25) is 0 Å². The van der Waals surface area contributed by atoms with Crippen molar-refractivity contribution in [2.75, 3.05) is 39.5 Å². The first kappa shape index (κ1) is 35.4. The Balaban J connectivity index is 0.853. The van der Waals surface area contributed by atoms with Gasteiger partial charge in [0.05, 0.1) is 71.3 Å². The number of hydrogen-bond acceptors (Lipinski definition) is 8. The number of aromatic nitrogens is 4. The normalized spacial score (nSPS) is 11.8.